The molecule has 1 saturated heterocycles. The van der Waals surface area contributed by atoms with Gasteiger partial charge < -0.3 is 15.0 Å². The number of piperidine rings is 1. The van der Waals surface area contributed by atoms with Gasteiger partial charge in [0.2, 0.25) is 0 Å². The van der Waals surface area contributed by atoms with E-state index >= 15 is 0 Å². The summed E-state index contributed by atoms with van der Waals surface area (Å²) in [6.45, 7) is 6.97. The van der Waals surface area contributed by atoms with Gasteiger partial charge in [0, 0.05) is 31.4 Å². The highest BCUT2D eigenvalue weighted by Gasteiger charge is 2.27. The zero-order chi connectivity index (χ0) is 18.0. The van der Waals surface area contributed by atoms with E-state index in [9.17, 15) is 4.79 Å². The van der Waals surface area contributed by atoms with Crippen LogP contribution in [0.3, 0.4) is 0 Å². The summed E-state index contributed by atoms with van der Waals surface area (Å²) in [5.41, 5.74) is 1.99. The Bertz CT molecular complexity index is 767. The van der Waals surface area contributed by atoms with Crippen molar-refractivity contribution in [1.82, 2.24) is 14.9 Å². The van der Waals surface area contributed by atoms with Crippen LogP contribution in [-0.2, 0) is 4.74 Å². The number of carbonyl (C=O) groups is 1. The summed E-state index contributed by atoms with van der Waals surface area (Å²) in [6.07, 6.45) is 3.18. The molecule has 1 amide bonds. The molecule has 0 radical (unpaired) electrons. The number of fused-ring (bicyclic) bond motifs is 1. The van der Waals surface area contributed by atoms with Crippen LogP contribution in [0.15, 0.2) is 24.4 Å². The summed E-state index contributed by atoms with van der Waals surface area (Å²) in [5, 5.41) is 3.95. The second-order valence-electron chi connectivity index (χ2n) is 7.25. The molecule has 0 atom stereocenters. The number of hydrogen-bond acceptors (Lipinski definition) is 5. The third-order valence-corrected chi connectivity index (χ3v) is 4.23. The molecule has 0 spiro atoms. The molecular weight excluding hydrogens is 340 g/mol. The molecule has 7 heteroatoms. The Kier molecular flexibility index (Phi) is 4.99. The predicted molar refractivity (Wildman–Crippen MR) is 99.0 cm³/mol. The fourth-order valence-corrected chi connectivity index (χ4v) is 3.09. The highest BCUT2D eigenvalue weighted by Crippen LogP contribution is 2.26. The zero-order valence-electron chi connectivity index (χ0n) is 14.8. The van der Waals surface area contributed by atoms with Crippen LogP contribution in [0.25, 0.3) is 11.0 Å². The molecule has 1 fully saturated rings. The van der Waals surface area contributed by atoms with Crippen molar-refractivity contribution in [3.8, 4) is 0 Å². The molecule has 0 aliphatic carbocycles. The highest BCUT2D eigenvalue weighted by atomic mass is 35.5. The molecule has 2 aromatic heterocycles. The van der Waals surface area contributed by atoms with Gasteiger partial charge in [-0.3, -0.25) is 4.98 Å². The Balaban J connectivity index is 1.64. The molecule has 0 saturated carbocycles. The Morgan fingerprint density at radius 3 is 2.76 bits per heavy atom. The summed E-state index contributed by atoms with van der Waals surface area (Å²) < 4.78 is 5.43. The molecule has 1 N–H and O–H groups in total. The molecule has 1 aliphatic rings. The molecule has 1 aliphatic heterocycles. The van der Waals surface area contributed by atoms with Crippen molar-refractivity contribution >= 4 is 34.4 Å². The van der Waals surface area contributed by atoms with Crippen LogP contribution in [0.2, 0.25) is 5.15 Å². The standard InChI is InChI=1S/C18H23ClN4O2/c1-18(2,3)25-17(24)23-9-6-12(7-10-23)21-14-11-15(19)22-13-5-4-8-20-16(13)14/h4-5,8,11-12H,6-7,9-10H2,1-3H3,(H,21,22). The second kappa shape index (κ2) is 7.04. The smallest absolute Gasteiger partial charge is 0.410 e. The molecule has 3 heterocycles. The number of aromatic nitrogens is 2. The molecular formula is C18H23ClN4O2. The van der Waals surface area contributed by atoms with Gasteiger partial charge in [-0.2, -0.15) is 0 Å². The van der Waals surface area contributed by atoms with Gasteiger partial charge in [-0.15, -0.1) is 0 Å². The lowest BCUT2D eigenvalue weighted by Gasteiger charge is -2.34. The lowest BCUT2D eigenvalue weighted by atomic mass is 10.0. The fourth-order valence-electron chi connectivity index (χ4n) is 2.89. The first-order valence-corrected chi connectivity index (χ1v) is 8.85. The zero-order valence-corrected chi connectivity index (χ0v) is 15.5. The van der Waals surface area contributed by atoms with Crippen LogP contribution in [0, 0.1) is 0 Å². The lowest BCUT2D eigenvalue weighted by Crippen LogP contribution is -2.44. The first-order valence-electron chi connectivity index (χ1n) is 8.47. The maximum absolute atomic E-state index is 12.1. The number of nitrogens with one attached hydrogen (secondary N) is 1. The summed E-state index contributed by atoms with van der Waals surface area (Å²) in [7, 11) is 0. The number of halogens is 1. The average molecular weight is 363 g/mol. The van der Waals surface area contributed by atoms with Crippen LogP contribution >= 0.6 is 11.6 Å². The van der Waals surface area contributed by atoms with Gasteiger partial charge in [0.25, 0.3) is 0 Å². The quantitative estimate of drug-likeness (QED) is 0.815. The van der Waals surface area contributed by atoms with Crippen LogP contribution in [-0.4, -0.2) is 45.7 Å². The van der Waals surface area contributed by atoms with Gasteiger partial charge in [-0.1, -0.05) is 11.6 Å². The maximum atomic E-state index is 12.1. The summed E-state index contributed by atoms with van der Waals surface area (Å²) >= 11 is 6.12. The van der Waals surface area contributed by atoms with E-state index in [1.54, 1.807) is 17.2 Å². The number of carbonyl (C=O) groups excluding carboxylic acids is 1. The number of nitrogens with zero attached hydrogens (tertiary/aromatic N) is 3. The SMILES string of the molecule is CC(C)(C)OC(=O)N1CCC(Nc2cc(Cl)nc3cccnc23)CC1. The largest absolute Gasteiger partial charge is 0.444 e. The summed E-state index contributed by atoms with van der Waals surface area (Å²) in [5.74, 6) is 0. The highest BCUT2D eigenvalue weighted by molar-refractivity contribution is 6.30. The van der Waals surface area contributed by atoms with Gasteiger partial charge in [-0.05, 0) is 45.7 Å². The first kappa shape index (κ1) is 17.7. The fraction of sp³-hybridized carbons (Fsp3) is 0.500. The second-order valence-corrected chi connectivity index (χ2v) is 7.64. The maximum Gasteiger partial charge on any atom is 0.410 e. The van der Waals surface area contributed by atoms with Crippen molar-refractivity contribution in [1.29, 1.82) is 0 Å². The Hall–Kier alpha value is -2.08. The topological polar surface area (TPSA) is 67.3 Å². The molecule has 0 unspecified atom stereocenters. The molecule has 0 bridgehead atoms. The van der Waals surface area contributed by atoms with Crippen LogP contribution in [0.5, 0.6) is 0 Å². The molecule has 6 nitrogen and oxygen atoms in total. The van der Waals surface area contributed by atoms with Crippen LogP contribution in [0.1, 0.15) is 33.6 Å². The van der Waals surface area contributed by atoms with E-state index in [1.165, 1.54) is 0 Å². The van der Waals surface area contributed by atoms with Crippen molar-refractivity contribution in [2.75, 3.05) is 18.4 Å². The first-order chi connectivity index (χ1) is 11.8. The van der Waals surface area contributed by atoms with E-state index in [4.69, 9.17) is 16.3 Å². The molecule has 0 aromatic carbocycles. The van der Waals surface area contributed by atoms with Gasteiger partial charge in [-0.25, -0.2) is 9.78 Å². The van der Waals surface area contributed by atoms with Crippen molar-refractivity contribution in [3.05, 3.63) is 29.5 Å². The minimum Gasteiger partial charge on any atom is -0.444 e. The number of pyridine rings is 2. The number of likely N-dealkylation sites (tertiary alicyclic amines) is 1. The Morgan fingerprint density at radius 1 is 1.36 bits per heavy atom. The van der Waals surface area contributed by atoms with E-state index in [0.29, 0.717) is 18.2 Å². The monoisotopic (exact) mass is 362 g/mol. The van der Waals surface area contributed by atoms with Gasteiger partial charge >= 0.3 is 6.09 Å². The minimum atomic E-state index is -0.468. The number of hydrogen-bond donors (Lipinski definition) is 1. The van der Waals surface area contributed by atoms with E-state index in [-0.39, 0.29) is 12.1 Å². The van der Waals surface area contributed by atoms with Crippen molar-refractivity contribution in [3.63, 3.8) is 0 Å². The molecule has 3 rings (SSSR count). The van der Waals surface area contributed by atoms with E-state index in [1.807, 2.05) is 32.9 Å². The molecule has 25 heavy (non-hydrogen) atoms. The predicted octanol–water partition coefficient (Wildman–Crippen LogP) is 4.09. The summed E-state index contributed by atoms with van der Waals surface area (Å²) in [4.78, 5) is 22.6. The molecule has 2 aromatic rings. The molecule has 134 valence electrons. The van der Waals surface area contributed by atoms with Crippen molar-refractivity contribution in [2.45, 2.75) is 45.3 Å². The van der Waals surface area contributed by atoms with Gasteiger partial charge in [0.05, 0.1) is 11.2 Å². The Labute approximate surface area is 152 Å². The number of amides is 1. The van der Waals surface area contributed by atoms with Gasteiger partial charge in [0.1, 0.15) is 16.3 Å². The summed E-state index contributed by atoms with van der Waals surface area (Å²) in [6, 6.07) is 5.79. The van der Waals surface area contributed by atoms with Crippen molar-refractivity contribution in [2.24, 2.45) is 0 Å². The van der Waals surface area contributed by atoms with E-state index < -0.39 is 5.60 Å². The van der Waals surface area contributed by atoms with Gasteiger partial charge in [0.15, 0.2) is 0 Å². The average Bonchev–Trinajstić information content (AvgIpc) is 2.53. The van der Waals surface area contributed by atoms with Crippen LogP contribution in [0.4, 0.5) is 10.5 Å². The number of ether oxygens (including phenoxy) is 1. The normalized spacial score (nSPS) is 16.1. The third kappa shape index (κ3) is 4.51. The number of anilines is 1. The van der Waals surface area contributed by atoms with Crippen molar-refractivity contribution < 1.29 is 9.53 Å². The van der Waals surface area contributed by atoms with E-state index in [2.05, 4.69) is 15.3 Å². The third-order valence-electron chi connectivity index (χ3n) is 4.04. The lowest BCUT2D eigenvalue weighted by molar-refractivity contribution is 0.0210. The van der Waals surface area contributed by atoms with Crippen LogP contribution < -0.4 is 5.32 Å². The van der Waals surface area contributed by atoms with E-state index in [0.717, 1.165) is 29.6 Å². The number of rotatable bonds is 2. The Morgan fingerprint density at radius 2 is 2.08 bits per heavy atom. The minimum absolute atomic E-state index is 0.245.